The van der Waals surface area contributed by atoms with E-state index < -0.39 is 12.1 Å². The molecule has 3 aromatic heterocycles. The standard InChI is InChI=1S/C39H47ClN12O5/c1-41-33(54)22-57-31-17-24-16-25(19-42-36(24)48(2)38(31)56)44-35-29(40)20-43-39(46-35)52-14-12-50(13-15-52)21-23-8-10-51(11-9-23)26-4-5-27-30(18-26)49(3)47-34(27)28-6-7-32(53)45-37(28)55/h4-5,16-20,23,28,38,56H,6-15,21-22H2,1-3H3,(H,41,54)(H,43,44,46)(H,45,53,55). The highest BCUT2D eigenvalue weighted by Gasteiger charge is 2.32. The molecule has 0 aliphatic carbocycles. The Bertz CT molecular complexity index is 2210. The zero-order valence-electron chi connectivity index (χ0n) is 32.2. The molecule has 57 heavy (non-hydrogen) atoms. The van der Waals surface area contributed by atoms with Crippen molar-refractivity contribution in [2.45, 2.75) is 37.8 Å². The molecular weight excluding hydrogens is 752 g/mol. The van der Waals surface area contributed by atoms with E-state index in [0.717, 1.165) is 80.9 Å². The number of anilines is 5. The van der Waals surface area contributed by atoms with Crippen LogP contribution in [0.4, 0.5) is 29.0 Å². The second-order valence-corrected chi connectivity index (χ2v) is 15.5. The number of piperidine rings is 2. The van der Waals surface area contributed by atoms with E-state index in [4.69, 9.17) is 26.4 Å². The molecule has 4 aromatic rings. The Morgan fingerprint density at radius 2 is 1.81 bits per heavy atom. The number of rotatable bonds is 10. The van der Waals surface area contributed by atoms with Crippen molar-refractivity contribution in [1.82, 2.24) is 40.3 Å². The number of fused-ring (bicyclic) bond motifs is 2. The first-order valence-electron chi connectivity index (χ1n) is 19.3. The highest BCUT2D eigenvalue weighted by atomic mass is 35.5. The van der Waals surface area contributed by atoms with Crippen LogP contribution in [0.1, 0.15) is 42.9 Å². The van der Waals surface area contributed by atoms with Crippen molar-refractivity contribution >= 4 is 75.3 Å². The van der Waals surface area contributed by atoms with Gasteiger partial charge in [0.2, 0.25) is 17.8 Å². The molecule has 17 nitrogen and oxygen atoms in total. The van der Waals surface area contributed by atoms with Gasteiger partial charge >= 0.3 is 0 Å². The number of aromatic nitrogens is 5. The SMILES string of the molecule is CNC(=O)COC1=Cc2cc(Nc3nc(N4CCN(CC5CCN(c6ccc7c(C8CCC(=O)NC8=O)nn(C)c7c6)CC5)CC4)ncc3Cl)cnc2N(C)C1O. The van der Waals surface area contributed by atoms with Gasteiger partial charge in [-0.25, -0.2) is 9.97 Å². The summed E-state index contributed by atoms with van der Waals surface area (Å²) in [6, 6.07) is 8.24. The third kappa shape index (κ3) is 8.04. The van der Waals surface area contributed by atoms with Crippen LogP contribution in [0.15, 0.2) is 42.4 Å². The number of imide groups is 1. The molecule has 3 saturated heterocycles. The predicted octanol–water partition coefficient (Wildman–Crippen LogP) is 2.59. The average molecular weight is 799 g/mol. The van der Waals surface area contributed by atoms with E-state index in [1.54, 1.807) is 30.4 Å². The van der Waals surface area contributed by atoms with Crippen molar-refractivity contribution in [1.29, 1.82) is 0 Å². The molecule has 0 bridgehead atoms. The molecule has 7 heterocycles. The van der Waals surface area contributed by atoms with Crippen LogP contribution < -0.4 is 30.7 Å². The molecule has 8 rings (SSSR count). The number of hydrogen-bond donors (Lipinski definition) is 4. The largest absolute Gasteiger partial charge is 0.483 e. The molecular formula is C39H47ClN12O5. The van der Waals surface area contributed by atoms with Crippen molar-refractivity contribution in [3.63, 3.8) is 0 Å². The van der Waals surface area contributed by atoms with E-state index in [-0.39, 0.29) is 30.1 Å². The Hall–Kier alpha value is -5.52. The Labute approximate surface area is 335 Å². The molecule has 0 radical (unpaired) electrons. The molecule has 4 aliphatic rings. The lowest BCUT2D eigenvalue weighted by molar-refractivity contribution is -0.134. The lowest BCUT2D eigenvalue weighted by atomic mass is 9.92. The molecule has 300 valence electrons. The Morgan fingerprint density at radius 3 is 2.56 bits per heavy atom. The minimum absolute atomic E-state index is 0.217. The zero-order chi connectivity index (χ0) is 39.8. The van der Waals surface area contributed by atoms with Crippen molar-refractivity contribution in [3.8, 4) is 0 Å². The fourth-order valence-electron chi connectivity index (χ4n) is 8.10. The molecule has 0 saturated carbocycles. The van der Waals surface area contributed by atoms with E-state index in [1.807, 2.05) is 17.8 Å². The summed E-state index contributed by atoms with van der Waals surface area (Å²) in [5.41, 5.74) is 4.22. The van der Waals surface area contributed by atoms with Gasteiger partial charge in [0.05, 0.1) is 35.2 Å². The van der Waals surface area contributed by atoms with Gasteiger partial charge in [-0.3, -0.25) is 29.3 Å². The number of carbonyl (C=O) groups excluding carboxylic acids is 3. The maximum Gasteiger partial charge on any atom is 0.257 e. The molecule has 0 spiro atoms. The number of amides is 3. The monoisotopic (exact) mass is 798 g/mol. The van der Waals surface area contributed by atoms with Crippen molar-refractivity contribution in [2.24, 2.45) is 13.0 Å². The van der Waals surface area contributed by atoms with Crippen LogP contribution in [0, 0.1) is 5.92 Å². The van der Waals surface area contributed by atoms with E-state index in [0.29, 0.717) is 52.6 Å². The van der Waals surface area contributed by atoms with Gasteiger partial charge in [-0.15, -0.1) is 0 Å². The number of ether oxygens (including phenoxy) is 1. The minimum atomic E-state index is -1.08. The highest BCUT2D eigenvalue weighted by Crippen LogP contribution is 2.35. The van der Waals surface area contributed by atoms with Crippen LogP contribution in [0.25, 0.3) is 17.0 Å². The third-order valence-corrected chi connectivity index (χ3v) is 11.7. The van der Waals surface area contributed by atoms with Gasteiger partial charge in [0.15, 0.2) is 18.7 Å². The second-order valence-electron chi connectivity index (χ2n) is 15.1. The average Bonchev–Trinajstić information content (AvgIpc) is 3.54. The van der Waals surface area contributed by atoms with Gasteiger partial charge in [0, 0.05) is 90.0 Å². The van der Waals surface area contributed by atoms with Gasteiger partial charge in [0.25, 0.3) is 5.91 Å². The fourth-order valence-corrected chi connectivity index (χ4v) is 8.24. The molecule has 2 unspecified atom stereocenters. The number of piperazine rings is 1. The molecule has 2 atom stereocenters. The summed E-state index contributed by atoms with van der Waals surface area (Å²) in [4.78, 5) is 58.6. The molecule has 3 amide bonds. The van der Waals surface area contributed by atoms with Crippen LogP contribution in [0.5, 0.6) is 0 Å². The maximum absolute atomic E-state index is 12.6. The van der Waals surface area contributed by atoms with Crippen LogP contribution >= 0.6 is 11.6 Å². The third-order valence-electron chi connectivity index (χ3n) is 11.4. The van der Waals surface area contributed by atoms with Crippen molar-refractivity contribution in [3.05, 3.63) is 58.7 Å². The first kappa shape index (κ1) is 38.4. The highest BCUT2D eigenvalue weighted by molar-refractivity contribution is 6.32. The van der Waals surface area contributed by atoms with Crippen LogP contribution in [-0.2, 0) is 26.2 Å². The topological polar surface area (TPSA) is 186 Å². The number of likely N-dealkylation sites (N-methyl/N-ethyl adjacent to an activating group) is 2. The van der Waals surface area contributed by atoms with Crippen molar-refractivity contribution < 1.29 is 24.2 Å². The van der Waals surface area contributed by atoms with Crippen molar-refractivity contribution in [2.75, 3.05) is 86.5 Å². The summed E-state index contributed by atoms with van der Waals surface area (Å²) in [5.74, 6) is 1.26. The number of carbonyl (C=O) groups is 3. The number of benzene rings is 1. The Kier molecular flexibility index (Phi) is 10.9. The summed E-state index contributed by atoms with van der Waals surface area (Å²) in [5, 5.41) is 25.0. The fraction of sp³-hybridized carbons (Fsp3) is 0.462. The van der Waals surface area contributed by atoms with Gasteiger partial charge in [0.1, 0.15) is 16.6 Å². The molecule has 4 aliphatic heterocycles. The summed E-state index contributed by atoms with van der Waals surface area (Å²) in [6.07, 6.45) is 6.87. The second kappa shape index (κ2) is 16.1. The van der Waals surface area contributed by atoms with Gasteiger partial charge in [-0.05, 0) is 55.5 Å². The molecule has 1 aromatic carbocycles. The van der Waals surface area contributed by atoms with Crippen LogP contribution in [0.2, 0.25) is 5.02 Å². The van der Waals surface area contributed by atoms with Gasteiger partial charge in [-0.1, -0.05) is 11.6 Å². The zero-order valence-corrected chi connectivity index (χ0v) is 33.0. The normalized spacial score (nSPS) is 20.6. The number of aryl methyl sites for hydroxylation is 1. The van der Waals surface area contributed by atoms with E-state index >= 15 is 0 Å². The number of hydrogen-bond acceptors (Lipinski definition) is 14. The van der Waals surface area contributed by atoms with E-state index in [1.165, 1.54) is 7.05 Å². The molecule has 4 N–H and O–H groups in total. The number of halogens is 1. The number of aliphatic hydroxyl groups excluding tert-OH is 1. The summed E-state index contributed by atoms with van der Waals surface area (Å²) >= 11 is 6.56. The summed E-state index contributed by atoms with van der Waals surface area (Å²) < 4.78 is 7.43. The maximum atomic E-state index is 12.6. The summed E-state index contributed by atoms with van der Waals surface area (Å²) in [6.45, 7) is 6.20. The predicted molar refractivity (Wildman–Crippen MR) is 216 cm³/mol. The smallest absolute Gasteiger partial charge is 0.257 e. The lowest BCUT2D eigenvalue weighted by Gasteiger charge is -2.39. The number of nitrogens with one attached hydrogen (secondary N) is 3. The molecule has 18 heteroatoms. The summed E-state index contributed by atoms with van der Waals surface area (Å²) in [7, 11) is 5.13. The number of pyridine rings is 1. The van der Waals surface area contributed by atoms with Gasteiger partial charge in [-0.2, -0.15) is 10.1 Å². The first-order chi connectivity index (χ1) is 27.5. The van der Waals surface area contributed by atoms with Gasteiger partial charge < -0.3 is 35.2 Å². The van der Waals surface area contributed by atoms with E-state index in [9.17, 15) is 19.5 Å². The molecule has 3 fully saturated rings. The lowest BCUT2D eigenvalue weighted by Crippen LogP contribution is -2.49. The van der Waals surface area contributed by atoms with Crippen LogP contribution in [0.3, 0.4) is 0 Å². The Morgan fingerprint density at radius 1 is 1.02 bits per heavy atom. The minimum Gasteiger partial charge on any atom is -0.483 e. The first-order valence-corrected chi connectivity index (χ1v) is 19.7. The van der Waals surface area contributed by atoms with Crippen LogP contribution in [-0.4, -0.2) is 125 Å². The number of aliphatic hydroxyl groups is 1. The van der Waals surface area contributed by atoms with E-state index in [2.05, 4.69) is 58.8 Å². The number of nitrogens with zero attached hydrogens (tertiary/aromatic N) is 9. The quantitative estimate of drug-likeness (QED) is 0.172. The Balaban J connectivity index is 0.841.